The summed E-state index contributed by atoms with van der Waals surface area (Å²) in [6, 6.07) is 11.6. The van der Waals surface area contributed by atoms with E-state index in [-0.39, 0.29) is 5.82 Å². The largest absolute Gasteiger partial charge is 0.397 e. The summed E-state index contributed by atoms with van der Waals surface area (Å²) < 4.78 is 13.6. The first-order valence-corrected chi connectivity index (χ1v) is 5.43. The molecule has 90 valence electrons. The Labute approximate surface area is 105 Å². The molecule has 0 spiro atoms. The number of nitriles is 1. The van der Waals surface area contributed by atoms with E-state index in [2.05, 4.69) is 5.32 Å². The van der Waals surface area contributed by atoms with Crippen molar-refractivity contribution in [1.29, 1.82) is 5.26 Å². The van der Waals surface area contributed by atoms with E-state index in [4.69, 9.17) is 11.0 Å². The molecule has 3 N–H and O–H groups in total. The summed E-state index contributed by atoms with van der Waals surface area (Å²) in [6.07, 6.45) is 0. The first kappa shape index (κ1) is 11.9. The zero-order valence-electron chi connectivity index (χ0n) is 9.87. The zero-order chi connectivity index (χ0) is 13.1. The minimum Gasteiger partial charge on any atom is -0.397 e. The predicted octanol–water partition coefficient (Wildman–Crippen LogP) is 3.33. The molecular formula is C14H12FN3. The maximum atomic E-state index is 13.6. The van der Waals surface area contributed by atoms with Gasteiger partial charge >= 0.3 is 0 Å². The standard InChI is InChI=1S/C14H12FN3/c1-9-2-4-11(15)13(6-9)18-14-7-10(8-16)3-5-12(14)17/h2-7,18H,17H2,1H3. The topological polar surface area (TPSA) is 61.8 Å². The molecule has 4 heteroatoms. The van der Waals surface area contributed by atoms with Crippen molar-refractivity contribution in [2.24, 2.45) is 0 Å². The number of halogens is 1. The molecule has 0 unspecified atom stereocenters. The van der Waals surface area contributed by atoms with E-state index in [0.717, 1.165) is 5.56 Å². The fourth-order valence-electron chi connectivity index (χ4n) is 1.61. The highest BCUT2D eigenvalue weighted by atomic mass is 19.1. The van der Waals surface area contributed by atoms with E-state index in [9.17, 15) is 4.39 Å². The minimum atomic E-state index is -0.359. The molecule has 0 fully saturated rings. The molecule has 0 heterocycles. The number of hydrogen-bond donors (Lipinski definition) is 2. The van der Waals surface area contributed by atoms with Crippen molar-refractivity contribution < 1.29 is 4.39 Å². The Balaban J connectivity index is 2.39. The Kier molecular flexibility index (Phi) is 3.16. The smallest absolute Gasteiger partial charge is 0.146 e. The normalized spacial score (nSPS) is 9.83. The van der Waals surface area contributed by atoms with Crippen molar-refractivity contribution in [3.8, 4) is 6.07 Å². The maximum absolute atomic E-state index is 13.6. The molecule has 3 nitrogen and oxygen atoms in total. The Bertz CT molecular complexity index is 629. The molecule has 0 aromatic heterocycles. The predicted molar refractivity (Wildman–Crippen MR) is 70.0 cm³/mol. The Morgan fingerprint density at radius 1 is 1.17 bits per heavy atom. The van der Waals surface area contributed by atoms with Crippen molar-refractivity contribution in [2.75, 3.05) is 11.1 Å². The average Bonchev–Trinajstić information content (AvgIpc) is 2.36. The second-order valence-corrected chi connectivity index (χ2v) is 4.02. The van der Waals surface area contributed by atoms with Gasteiger partial charge in [-0.05, 0) is 42.8 Å². The van der Waals surface area contributed by atoms with Crippen LogP contribution >= 0.6 is 0 Å². The van der Waals surface area contributed by atoms with Crippen LogP contribution in [0.5, 0.6) is 0 Å². The van der Waals surface area contributed by atoms with Crippen LogP contribution in [0.25, 0.3) is 0 Å². The van der Waals surface area contributed by atoms with Crippen molar-refractivity contribution in [3.63, 3.8) is 0 Å². The number of nitrogens with zero attached hydrogens (tertiary/aromatic N) is 1. The monoisotopic (exact) mass is 241 g/mol. The van der Waals surface area contributed by atoms with Crippen molar-refractivity contribution in [1.82, 2.24) is 0 Å². The van der Waals surface area contributed by atoms with Gasteiger partial charge < -0.3 is 11.1 Å². The van der Waals surface area contributed by atoms with E-state index in [0.29, 0.717) is 22.6 Å². The van der Waals surface area contributed by atoms with Gasteiger partial charge in [-0.15, -0.1) is 0 Å². The zero-order valence-corrected chi connectivity index (χ0v) is 9.87. The quantitative estimate of drug-likeness (QED) is 0.793. The Morgan fingerprint density at radius 3 is 2.67 bits per heavy atom. The van der Waals surface area contributed by atoms with Crippen LogP contribution in [-0.4, -0.2) is 0 Å². The third kappa shape index (κ3) is 2.41. The fraction of sp³-hybridized carbons (Fsp3) is 0.0714. The number of nitrogens with one attached hydrogen (secondary N) is 1. The molecule has 0 aliphatic heterocycles. The van der Waals surface area contributed by atoms with Crippen LogP contribution in [0.1, 0.15) is 11.1 Å². The van der Waals surface area contributed by atoms with Gasteiger partial charge in [0.15, 0.2) is 0 Å². The minimum absolute atomic E-state index is 0.344. The molecule has 0 bridgehead atoms. The maximum Gasteiger partial charge on any atom is 0.146 e. The Hall–Kier alpha value is -2.54. The third-order valence-corrected chi connectivity index (χ3v) is 2.57. The highest BCUT2D eigenvalue weighted by Gasteiger charge is 2.06. The van der Waals surface area contributed by atoms with Crippen molar-refractivity contribution >= 4 is 17.1 Å². The van der Waals surface area contributed by atoms with Gasteiger partial charge in [-0.2, -0.15) is 5.26 Å². The third-order valence-electron chi connectivity index (χ3n) is 2.57. The van der Waals surface area contributed by atoms with Crippen LogP contribution < -0.4 is 11.1 Å². The summed E-state index contributed by atoms with van der Waals surface area (Å²) in [7, 11) is 0. The summed E-state index contributed by atoms with van der Waals surface area (Å²) in [6.45, 7) is 1.87. The molecule has 2 aromatic carbocycles. The number of aryl methyl sites for hydroxylation is 1. The first-order valence-electron chi connectivity index (χ1n) is 5.43. The number of hydrogen-bond acceptors (Lipinski definition) is 3. The molecule has 2 aromatic rings. The molecule has 0 aliphatic carbocycles. The van der Waals surface area contributed by atoms with Gasteiger partial charge in [-0.1, -0.05) is 6.07 Å². The van der Waals surface area contributed by atoms with E-state index >= 15 is 0 Å². The van der Waals surface area contributed by atoms with Gasteiger partial charge in [0.2, 0.25) is 0 Å². The number of anilines is 3. The molecule has 0 amide bonds. The van der Waals surface area contributed by atoms with Crippen LogP contribution in [0.15, 0.2) is 36.4 Å². The molecule has 0 radical (unpaired) electrons. The van der Waals surface area contributed by atoms with Crippen LogP contribution in [0.3, 0.4) is 0 Å². The van der Waals surface area contributed by atoms with Crippen molar-refractivity contribution in [3.05, 3.63) is 53.3 Å². The summed E-state index contributed by atoms with van der Waals surface area (Å²) >= 11 is 0. The van der Waals surface area contributed by atoms with Gasteiger partial charge in [-0.25, -0.2) is 4.39 Å². The molecule has 2 rings (SSSR count). The van der Waals surface area contributed by atoms with Gasteiger partial charge in [-0.3, -0.25) is 0 Å². The number of benzene rings is 2. The lowest BCUT2D eigenvalue weighted by Gasteiger charge is -2.11. The highest BCUT2D eigenvalue weighted by molar-refractivity contribution is 5.74. The summed E-state index contributed by atoms with van der Waals surface area (Å²) in [5.41, 5.74) is 8.53. The van der Waals surface area contributed by atoms with E-state index in [1.54, 1.807) is 30.3 Å². The molecule has 18 heavy (non-hydrogen) atoms. The van der Waals surface area contributed by atoms with Crippen LogP contribution in [0, 0.1) is 24.1 Å². The second kappa shape index (κ2) is 4.76. The van der Waals surface area contributed by atoms with E-state index in [1.807, 2.05) is 13.0 Å². The summed E-state index contributed by atoms with van der Waals surface area (Å²) in [4.78, 5) is 0. The first-order chi connectivity index (χ1) is 8.60. The van der Waals surface area contributed by atoms with E-state index < -0.39 is 0 Å². The molecule has 0 aliphatic rings. The molecular weight excluding hydrogens is 229 g/mol. The van der Waals surface area contributed by atoms with Crippen LogP contribution in [0.4, 0.5) is 21.5 Å². The number of nitrogen functional groups attached to an aromatic ring is 1. The Morgan fingerprint density at radius 2 is 1.94 bits per heavy atom. The van der Waals surface area contributed by atoms with E-state index in [1.165, 1.54) is 6.07 Å². The summed E-state index contributed by atoms with van der Waals surface area (Å²) in [5.74, 6) is -0.359. The van der Waals surface area contributed by atoms with Crippen LogP contribution in [-0.2, 0) is 0 Å². The summed E-state index contributed by atoms with van der Waals surface area (Å²) in [5, 5.41) is 11.7. The van der Waals surface area contributed by atoms with Gasteiger partial charge in [0.05, 0.1) is 28.7 Å². The fourth-order valence-corrected chi connectivity index (χ4v) is 1.61. The lowest BCUT2D eigenvalue weighted by molar-refractivity contribution is 0.631. The SMILES string of the molecule is Cc1ccc(F)c(Nc2cc(C#N)ccc2N)c1. The number of rotatable bonds is 2. The van der Waals surface area contributed by atoms with Gasteiger partial charge in [0.1, 0.15) is 5.82 Å². The highest BCUT2D eigenvalue weighted by Crippen LogP contribution is 2.26. The van der Waals surface area contributed by atoms with Gasteiger partial charge in [0.25, 0.3) is 0 Å². The van der Waals surface area contributed by atoms with Crippen molar-refractivity contribution in [2.45, 2.75) is 6.92 Å². The lowest BCUT2D eigenvalue weighted by Crippen LogP contribution is -1.99. The van der Waals surface area contributed by atoms with Crippen LogP contribution in [0.2, 0.25) is 0 Å². The average molecular weight is 241 g/mol. The molecule has 0 atom stereocenters. The molecule has 0 saturated heterocycles. The molecule has 0 saturated carbocycles. The number of nitrogens with two attached hydrogens (primary N) is 1. The second-order valence-electron chi connectivity index (χ2n) is 4.02. The van der Waals surface area contributed by atoms with Gasteiger partial charge in [0, 0.05) is 0 Å². The lowest BCUT2D eigenvalue weighted by atomic mass is 10.1.